The molecule has 9 heteroatoms. The second kappa shape index (κ2) is 10.8. The van der Waals surface area contributed by atoms with Gasteiger partial charge in [-0.25, -0.2) is 13.4 Å². The molecule has 1 N–H and O–H groups in total. The fourth-order valence-electron chi connectivity index (χ4n) is 3.85. The third-order valence-electron chi connectivity index (χ3n) is 5.60. The van der Waals surface area contributed by atoms with Gasteiger partial charge in [0.2, 0.25) is 5.88 Å². The van der Waals surface area contributed by atoms with Crippen LogP contribution in [0.4, 0.5) is 0 Å². The lowest BCUT2D eigenvalue weighted by Crippen LogP contribution is -2.07. The predicted molar refractivity (Wildman–Crippen MR) is 131 cm³/mol. The standard InChI is InChI=1S/C26H27NO7S/c1-35(30,31)11-3-10-32-22-8-6-19(7-9-22)20-5-2-4-18(12-20)16-34-25-14-24-23(15-27-25)21(17-33-24)13-26(28)29/h2,4-9,12,14-15,21H,3,10-11,13,16-17H2,1H3,(H,28,29)/t21-/m0/s1. The summed E-state index contributed by atoms with van der Waals surface area (Å²) in [5, 5.41) is 9.03. The highest BCUT2D eigenvalue weighted by atomic mass is 32.2. The molecule has 1 aromatic heterocycles. The van der Waals surface area contributed by atoms with Crippen LogP contribution in [0.2, 0.25) is 0 Å². The van der Waals surface area contributed by atoms with Crippen LogP contribution in [-0.2, 0) is 21.2 Å². The van der Waals surface area contributed by atoms with Crippen molar-refractivity contribution in [3.05, 3.63) is 71.9 Å². The van der Waals surface area contributed by atoms with Crippen LogP contribution in [0.25, 0.3) is 11.1 Å². The van der Waals surface area contributed by atoms with Crippen molar-refractivity contribution in [2.75, 3.05) is 25.2 Å². The van der Waals surface area contributed by atoms with Gasteiger partial charge in [0.05, 0.1) is 25.4 Å². The average molecular weight is 498 g/mol. The van der Waals surface area contributed by atoms with Crippen molar-refractivity contribution in [2.45, 2.75) is 25.4 Å². The van der Waals surface area contributed by atoms with Crippen LogP contribution in [-0.4, -0.2) is 49.7 Å². The largest absolute Gasteiger partial charge is 0.494 e. The Morgan fingerprint density at radius 1 is 1.11 bits per heavy atom. The highest BCUT2D eigenvalue weighted by Crippen LogP contribution is 2.37. The lowest BCUT2D eigenvalue weighted by molar-refractivity contribution is -0.137. The smallest absolute Gasteiger partial charge is 0.304 e. The highest BCUT2D eigenvalue weighted by molar-refractivity contribution is 7.90. The number of carbonyl (C=O) groups is 1. The molecule has 2 heterocycles. The first-order valence-electron chi connectivity index (χ1n) is 11.2. The first kappa shape index (κ1) is 24.5. The van der Waals surface area contributed by atoms with E-state index >= 15 is 0 Å². The number of aromatic nitrogens is 1. The minimum absolute atomic E-state index is 0.0119. The van der Waals surface area contributed by atoms with Gasteiger partial charge in [-0.15, -0.1) is 0 Å². The molecule has 0 amide bonds. The van der Waals surface area contributed by atoms with Crippen molar-refractivity contribution < 1.29 is 32.5 Å². The third-order valence-corrected chi connectivity index (χ3v) is 6.63. The van der Waals surface area contributed by atoms with Crippen LogP contribution in [0.3, 0.4) is 0 Å². The Bertz CT molecular complexity index is 1290. The van der Waals surface area contributed by atoms with E-state index in [1.54, 1.807) is 12.3 Å². The zero-order valence-corrected chi connectivity index (χ0v) is 20.2. The monoisotopic (exact) mass is 497 g/mol. The fourth-order valence-corrected chi connectivity index (χ4v) is 4.49. The first-order chi connectivity index (χ1) is 16.8. The molecule has 35 heavy (non-hydrogen) atoms. The molecule has 0 spiro atoms. The highest BCUT2D eigenvalue weighted by Gasteiger charge is 2.27. The molecule has 4 rings (SSSR count). The van der Waals surface area contributed by atoms with Gasteiger partial charge in [-0.3, -0.25) is 4.79 Å². The summed E-state index contributed by atoms with van der Waals surface area (Å²) in [6, 6.07) is 17.3. The van der Waals surface area contributed by atoms with Gasteiger partial charge in [0.1, 0.15) is 27.9 Å². The number of hydrogen-bond acceptors (Lipinski definition) is 7. The van der Waals surface area contributed by atoms with E-state index in [1.807, 2.05) is 48.5 Å². The van der Waals surface area contributed by atoms with Gasteiger partial charge in [-0.05, 0) is 41.3 Å². The molecule has 0 saturated carbocycles. The molecule has 184 valence electrons. The number of carboxylic acid groups (broad SMARTS) is 1. The maximum absolute atomic E-state index is 11.2. The molecule has 8 nitrogen and oxygen atoms in total. The van der Waals surface area contributed by atoms with Crippen LogP contribution in [0, 0.1) is 0 Å². The second-order valence-corrected chi connectivity index (χ2v) is 10.8. The number of hydrogen-bond donors (Lipinski definition) is 1. The SMILES string of the molecule is CS(=O)(=O)CCCOc1ccc(-c2cccc(COc3cc4c(cn3)[C@@H](CC(=O)O)CO4)c2)cc1. The number of ether oxygens (including phenoxy) is 3. The van der Waals surface area contributed by atoms with Crippen molar-refractivity contribution in [1.82, 2.24) is 4.98 Å². The van der Waals surface area contributed by atoms with Gasteiger partial charge in [0, 0.05) is 30.0 Å². The van der Waals surface area contributed by atoms with Gasteiger partial charge >= 0.3 is 5.97 Å². The number of benzene rings is 2. The molecule has 2 aromatic carbocycles. The number of aliphatic carboxylic acids is 1. The van der Waals surface area contributed by atoms with E-state index in [9.17, 15) is 13.2 Å². The fraction of sp³-hybridized carbons (Fsp3) is 0.308. The summed E-state index contributed by atoms with van der Waals surface area (Å²) in [5.74, 6) is 0.788. The van der Waals surface area contributed by atoms with Crippen molar-refractivity contribution in [2.24, 2.45) is 0 Å². The molecule has 1 atom stereocenters. The van der Waals surface area contributed by atoms with Gasteiger partial charge in [0.25, 0.3) is 0 Å². The Hall–Kier alpha value is -3.59. The average Bonchev–Trinajstić information content (AvgIpc) is 3.22. The van der Waals surface area contributed by atoms with Crippen LogP contribution in [0.15, 0.2) is 60.8 Å². The number of nitrogens with zero attached hydrogens (tertiary/aromatic N) is 1. The first-order valence-corrected chi connectivity index (χ1v) is 13.3. The summed E-state index contributed by atoms with van der Waals surface area (Å²) in [7, 11) is -2.98. The summed E-state index contributed by atoms with van der Waals surface area (Å²) >= 11 is 0. The molecule has 1 aliphatic heterocycles. The minimum Gasteiger partial charge on any atom is -0.494 e. The molecule has 0 fully saturated rings. The molecule has 0 aliphatic carbocycles. The summed E-state index contributed by atoms with van der Waals surface area (Å²) in [6.45, 7) is 1.00. The van der Waals surface area contributed by atoms with Gasteiger partial charge in [-0.1, -0.05) is 30.3 Å². The maximum atomic E-state index is 11.2. The van der Waals surface area contributed by atoms with E-state index in [4.69, 9.17) is 19.3 Å². The second-order valence-electron chi connectivity index (χ2n) is 8.51. The molecular formula is C26H27NO7S. The van der Waals surface area contributed by atoms with Crippen molar-refractivity contribution >= 4 is 15.8 Å². The minimum atomic E-state index is -2.98. The van der Waals surface area contributed by atoms with E-state index in [1.165, 1.54) is 6.26 Å². The Kier molecular flexibility index (Phi) is 7.55. The lowest BCUT2D eigenvalue weighted by atomic mass is 10.00. The maximum Gasteiger partial charge on any atom is 0.304 e. The molecular weight excluding hydrogens is 470 g/mol. The van der Waals surface area contributed by atoms with E-state index in [-0.39, 0.29) is 18.1 Å². The van der Waals surface area contributed by atoms with E-state index < -0.39 is 15.8 Å². The number of pyridine rings is 1. The Labute approximate surface area is 204 Å². The van der Waals surface area contributed by atoms with Crippen LogP contribution in [0.5, 0.6) is 17.4 Å². The molecule has 1 aliphatic rings. The van der Waals surface area contributed by atoms with E-state index in [2.05, 4.69) is 4.98 Å². The van der Waals surface area contributed by atoms with Gasteiger partial charge < -0.3 is 19.3 Å². The van der Waals surface area contributed by atoms with Crippen molar-refractivity contribution in [3.63, 3.8) is 0 Å². The van der Waals surface area contributed by atoms with Crippen LogP contribution in [0.1, 0.15) is 29.9 Å². The molecule has 0 saturated heterocycles. The summed E-state index contributed by atoms with van der Waals surface area (Å²) < 4.78 is 39.5. The van der Waals surface area contributed by atoms with Crippen molar-refractivity contribution in [3.8, 4) is 28.5 Å². The number of carboxylic acids is 1. The third kappa shape index (κ3) is 6.95. The number of sulfone groups is 1. The Morgan fingerprint density at radius 3 is 2.66 bits per heavy atom. The summed E-state index contributed by atoms with van der Waals surface area (Å²) in [4.78, 5) is 15.3. The molecule has 0 radical (unpaired) electrons. The summed E-state index contributed by atoms with van der Waals surface area (Å²) in [6.07, 6.45) is 3.32. The quantitative estimate of drug-likeness (QED) is 0.394. The number of rotatable bonds is 11. The zero-order chi connectivity index (χ0) is 24.8. The van der Waals surface area contributed by atoms with Crippen molar-refractivity contribution in [1.29, 1.82) is 0 Å². The Balaban J connectivity index is 1.34. The van der Waals surface area contributed by atoms with E-state index in [0.29, 0.717) is 43.6 Å². The lowest BCUT2D eigenvalue weighted by Gasteiger charge is -2.10. The normalized spacial score (nSPS) is 14.7. The van der Waals surface area contributed by atoms with E-state index in [0.717, 1.165) is 22.3 Å². The molecule has 3 aromatic rings. The summed E-state index contributed by atoms with van der Waals surface area (Å²) in [5.41, 5.74) is 3.81. The number of fused-ring (bicyclic) bond motifs is 1. The zero-order valence-electron chi connectivity index (χ0n) is 19.3. The molecule has 0 bridgehead atoms. The van der Waals surface area contributed by atoms with Crippen LogP contribution < -0.4 is 14.2 Å². The topological polar surface area (TPSA) is 112 Å². The van der Waals surface area contributed by atoms with Crippen LogP contribution >= 0.6 is 0 Å². The Morgan fingerprint density at radius 2 is 1.91 bits per heavy atom. The van der Waals surface area contributed by atoms with Gasteiger partial charge in [0.15, 0.2) is 0 Å². The molecule has 0 unspecified atom stereocenters. The predicted octanol–water partition coefficient (Wildman–Crippen LogP) is 4.09. The van der Waals surface area contributed by atoms with Gasteiger partial charge in [-0.2, -0.15) is 0 Å².